The van der Waals surface area contributed by atoms with Crippen LogP contribution in [0.2, 0.25) is 0 Å². The van der Waals surface area contributed by atoms with Gasteiger partial charge in [-0.3, -0.25) is 4.72 Å². The van der Waals surface area contributed by atoms with E-state index in [2.05, 4.69) is 4.72 Å². The molecule has 6 heteroatoms. The molecule has 0 aliphatic heterocycles. The highest BCUT2D eigenvalue weighted by molar-refractivity contribution is 7.91. The van der Waals surface area contributed by atoms with Gasteiger partial charge < -0.3 is 4.74 Å². The van der Waals surface area contributed by atoms with Gasteiger partial charge >= 0.3 is 0 Å². The predicted molar refractivity (Wildman–Crippen MR) is 80.4 cm³/mol. The number of rotatable bonds is 5. The largest absolute Gasteiger partial charge is 0.494 e. The van der Waals surface area contributed by atoms with Gasteiger partial charge in [0.1, 0.15) is 0 Å². The lowest BCUT2D eigenvalue weighted by Crippen LogP contribution is -2.15. The van der Waals surface area contributed by atoms with Gasteiger partial charge in [0.2, 0.25) is 10.0 Å². The van der Waals surface area contributed by atoms with E-state index in [9.17, 15) is 12.8 Å². The molecule has 0 atom stereocenters. The van der Waals surface area contributed by atoms with E-state index in [0.717, 1.165) is 11.6 Å². The zero-order valence-corrected chi connectivity index (χ0v) is 12.6. The molecule has 0 unspecified atom stereocenters. The van der Waals surface area contributed by atoms with Crippen LogP contribution in [0.4, 0.5) is 10.1 Å². The van der Waals surface area contributed by atoms with Crippen molar-refractivity contribution in [1.82, 2.24) is 0 Å². The smallest absolute Gasteiger partial charge is 0.236 e. The van der Waals surface area contributed by atoms with Gasteiger partial charge in [0, 0.05) is 6.07 Å². The number of sulfonamides is 1. The lowest BCUT2D eigenvalue weighted by Gasteiger charge is -2.10. The van der Waals surface area contributed by atoms with E-state index in [1.54, 1.807) is 18.2 Å². The summed E-state index contributed by atoms with van der Waals surface area (Å²) in [6.07, 6.45) is 0. The average molecular weight is 309 g/mol. The standard InChI is InChI=1S/C15H16FNO3S/c1-11-4-3-5-12(8-11)10-21(18,19)17-13-6-7-15(20-2)14(16)9-13/h3-9,17H,10H2,1-2H3. The van der Waals surface area contributed by atoms with Crippen molar-refractivity contribution >= 4 is 15.7 Å². The molecule has 0 heterocycles. The zero-order valence-electron chi connectivity index (χ0n) is 11.8. The maximum Gasteiger partial charge on any atom is 0.236 e. The number of benzene rings is 2. The number of halogens is 1. The Labute approximate surface area is 123 Å². The summed E-state index contributed by atoms with van der Waals surface area (Å²) >= 11 is 0. The van der Waals surface area contributed by atoms with Crippen LogP contribution in [0.3, 0.4) is 0 Å². The van der Waals surface area contributed by atoms with Crippen LogP contribution in [0.1, 0.15) is 11.1 Å². The van der Waals surface area contributed by atoms with Crippen LogP contribution in [0.25, 0.3) is 0 Å². The molecule has 112 valence electrons. The second kappa shape index (κ2) is 6.13. The Bertz CT molecular complexity index is 744. The molecule has 0 fully saturated rings. The molecule has 2 aromatic rings. The van der Waals surface area contributed by atoms with Crippen LogP contribution in [0, 0.1) is 12.7 Å². The monoisotopic (exact) mass is 309 g/mol. The average Bonchev–Trinajstić information content (AvgIpc) is 2.37. The number of ether oxygens (including phenoxy) is 1. The van der Waals surface area contributed by atoms with E-state index >= 15 is 0 Å². The summed E-state index contributed by atoms with van der Waals surface area (Å²) in [5, 5.41) is 0. The molecule has 2 rings (SSSR count). The molecule has 2 aromatic carbocycles. The zero-order chi connectivity index (χ0) is 15.5. The quantitative estimate of drug-likeness (QED) is 0.923. The minimum Gasteiger partial charge on any atom is -0.494 e. The second-order valence-electron chi connectivity index (χ2n) is 4.70. The fourth-order valence-corrected chi connectivity index (χ4v) is 3.14. The number of anilines is 1. The fourth-order valence-electron chi connectivity index (χ4n) is 1.97. The number of hydrogen-bond donors (Lipinski definition) is 1. The van der Waals surface area contributed by atoms with Gasteiger partial charge in [-0.05, 0) is 24.6 Å². The van der Waals surface area contributed by atoms with Gasteiger partial charge in [-0.1, -0.05) is 29.8 Å². The highest BCUT2D eigenvalue weighted by Gasteiger charge is 2.13. The lowest BCUT2D eigenvalue weighted by atomic mass is 10.2. The Balaban J connectivity index is 2.16. The van der Waals surface area contributed by atoms with Crippen LogP contribution in [-0.2, 0) is 15.8 Å². The molecule has 21 heavy (non-hydrogen) atoms. The molecule has 0 amide bonds. The van der Waals surface area contributed by atoms with Gasteiger partial charge in [-0.25, -0.2) is 12.8 Å². The van der Waals surface area contributed by atoms with E-state index in [-0.39, 0.29) is 17.2 Å². The van der Waals surface area contributed by atoms with Crippen molar-refractivity contribution in [2.45, 2.75) is 12.7 Å². The summed E-state index contributed by atoms with van der Waals surface area (Å²) in [6.45, 7) is 1.89. The number of hydrogen-bond acceptors (Lipinski definition) is 3. The van der Waals surface area contributed by atoms with Gasteiger partial charge in [0.15, 0.2) is 11.6 Å². The van der Waals surface area contributed by atoms with E-state index in [4.69, 9.17) is 4.74 Å². The van der Waals surface area contributed by atoms with Gasteiger partial charge in [0.05, 0.1) is 18.6 Å². The molecular weight excluding hydrogens is 293 g/mol. The molecule has 0 bridgehead atoms. The van der Waals surface area contributed by atoms with Gasteiger partial charge in [0.25, 0.3) is 0 Å². The summed E-state index contributed by atoms with van der Waals surface area (Å²) < 4.78 is 44.9. The Kier molecular flexibility index (Phi) is 4.47. The van der Waals surface area contributed by atoms with Crippen molar-refractivity contribution in [2.24, 2.45) is 0 Å². The first kappa shape index (κ1) is 15.3. The van der Waals surface area contributed by atoms with E-state index in [1.165, 1.54) is 19.2 Å². The topological polar surface area (TPSA) is 55.4 Å². The summed E-state index contributed by atoms with van der Waals surface area (Å²) in [6, 6.07) is 11.1. The SMILES string of the molecule is COc1ccc(NS(=O)(=O)Cc2cccc(C)c2)cc1F. The van der Waals surface area contributed by atoms with Crippen LogP contribution >= 0.6 is 0 Å². The van der Waals surface area contributed by atoms with Crippen LogP contribution in [-0.4, -0.2) is 15.5 Å². The third-order valence-electron chi connectivity index (χ3n) is 2.86. The molecule has 0 saturated heterocycles. The minimum absolute atomic E-state index is 0.0663. The van der Waals surface area contributed by atoms with Crippen molar-refractivity contribution in [2.75, 3.05) is 11.8 Å². The molecule has 0 aromatic heterocycles. The first-order chi connectivity index (χ1) is 9.89. The van der Waals surface area contributed by atoms with E-state index in [1.807, 2.05) is 13.0 Å². The maximum absolute atomic E-state index is 13.5. The fraction of sp³-hybridized carbons (Fsp3) is 0.200. The van der Waals surface area contributed by atoms with Crippen molar-refractivity contribution in [3.05, 3.63) is 59.4 Å². The van der Waals surface area contributed by atoms with Crippen LogP contribution in [0.5, 0.6) is 5.75 Å². The Morgan fingerprint density at radius 1 is 1.19 bits per heavy atom. The lowest BCUT2D eigenvalue weighted by molar-refractivity contribution is 0.386. The summed E-state index contributed by atoms with van der Waals surface area (Å²) in [4.78, 5) is 0. The van der Waals surface area contributed by atoms with Gasteiger partial charge in [-0.2, -0.15) is 0 Å². The van der Waals surface area contributed by atoms with E-state index < -0.39 is 15.8 Å². The first-order valence-corrected chi connectivity index (χ1v) is 7.94. The summed E-state index contributed by atoms with van der Waals surface area (Å²) in [5.41, 5.74) is 1.83. The van der Waals surface area contributed by atoms with Crippen LogP contribution in [0.15, 0.2) is 42.5 Å². The van der Waals surface area contributed by atoms with Crippen molar-refractivity contribution in [3.63, 3.8) is 0 Å². The third-order valence-corrected chi connectivity index (χ3v) is 4.12. The Morgan fingerprint density at radius 3 is 2.57 bits per heavy atom. The number of methoxy groups -OCH3 is 1. The van der Waals surface area contributed by atoms with Crippen molar-refractivity contribution in [1.29, 1.82) is 0 Å². The highest BCUT2D eigenvalue weighted by Crippen LogP contribution is 2.22. The molecule has 0 aliphatic carbocycles. The maximum atomic E-state index is 13.5. The Morgan fingerprint density at radius 2 is 1.95 bits per heavy atom. The predicted octanol–water partition coefficient (Wildman–Crippen LogP) is 3.08. The summed E-state index contributed by atoms with van der Waals surface area (Å²) in [5.74, 6) is -0.715. The molecule has 0 aliphatic rings. The second-order valence-corrected chi connectivity index (χ2v) is 6.42. The molecule has 4 nitrogen and oxygen atoms in total. The minimum atomic E-state index is -3.60. The molecule has 0 radical (unpaired) electrons. The van der Waals surface area contributed by atoms with Gasteiger partial charge in [-0.15, -0.1) is 0 Å². The van der Waals surface area contributed by atoms with Crippen molar-refractivity contribution < 1.29 is 17.5 Å². The number of nitrogens with one attached hydrogen (secondary N) is 1. The normalized spacial score (nSPS) is 11.2. The highest BCUT2D eigenvalue weighted by atomic mass is 32.2. The Hall–Kier alpha value is -2.08. The van der Waals surface area contributed by atoms with E-state index in [0.29, 0.717) is 5.56 Å². The van der Waals surface area contributed by atoms with Crippen LogP contribution < -0.4 is 9.46 Å². The number of aryl methyl sites for hydroxylation is 1. The molecule has 1 N–H and O–H groups in total. The third kappa shape index (κ3) is 4.19. The molecule has 0 saturated carbocycles. The summed E-state index contributed by atoms with van der Waals surface area (Å²) in [7, 11) is -2.25. The van der Waals surface area contributed by atoms with Crippen molar-refractivity contribution in [3.8, 4) is 5.75 Å². The molecular formula is C15H16FNO3S. The first-order valence-electron chi connectivity index (χ1n) is 6.29. The molecule has 0 spiro atoms.